The van der Waals surface area contributed by atoms with Crippen molar-refractivity contribution in [3.05, 3.63) is 77.8 Å². The van der Waals surface area contributed by atoms with Gasteiger partial charge in [-0.2, -0.15) is 4.31 Å². The van der Waals surface area contributed by atoms with Gasteiger partial charge in [-0.1, -0.05) is 29.8 Å². The molecule has 0 unspecified atom stereocenters. The Labute approximate surface area is 243 Å². The highest BCUT2D eigenvalue weighted by Crippen LogP contribution is 2.38. The zero-order valence-corrected chi connectivity index (χ0v) is 24.2. The summed E-state index contributed by atoms with van der Waals surface area (Å²) in [5.74, 6) is 0.123. The van der Waals surface area contributed by atoms with Gasteiger partial charge in [-0.3, -0.25) is 9.10 Å². The van der Waals surface area contributed by atoms with Crippen molar-refractivity contribution in [3.8, 4) is 11.5 Å². The molecule has 2 aliphatic rings. The first-order valence-electron chi connectivity index (χ1n) is 12.8. The monoisotopic (exact) mass is 621 g/mol. The molecule has 0 bridgehead atoms. The average molecular weight is 622 g/mol. The van der Waals surface area contributed by atoms with Crippen LogP contribution in [0.15, 0.2) is 82.6 Å². The largest absolute Gasteiger partial charge is 0.492 e. The van der Waals surface area contributed by atoms with Gasteiger partial charge in [0.15, 0.2) is 6.10 Å². The number of amides is 1. The highest BCUT2D eigenvalue weighted by Gasteiger charge is 2.37. The van der Waals surface area contributed by atoms with Crippen LogP contribution in [0.1, 0.15) is 0 Å². The number of rotatable bonds is 9. The Kier molecular flexibility index (Phi) is 8.71. The SMILES string of the molecule is O=C(NCCOc1ccc(S(=O)(=O)N2CCOCC2)cc1)[C@H]1CN(S(=O)(=O)c2ccccc2)c2cc(Cl)ccc2O1. The van der Waals surface area contributed by atoms with E-state index in [1.54, 1.807) is 36.4 Å². The number of nitrogens with zero attached hydrogens (tertiary/aromatic N) is 2. The zero-order chi connectivity index (χ0) is 29.0. The van der Waals surface area contributed by atoms with Gasteiger partial charge in [-0.15, -0.1) is 0 Å². The number of nitrogens with one attached hydrogen (secondary N) is 1. The summed E-state index contributed by atoms with van der Waals surface area (Å²) in [6.45, 7) is 1.27. The Hall–Kier alpha value is -3.36. The minimum Gasteiger partial charge on any atom is -0.492 e. The summed E-state index contributed by atoms with van der Waals surface area (Å²) in [5, 5.41) is 3.03. The van der Waals surface area contributed by atoms with Crippen LogP contribution >= 0.6 is 11.6 Å². The highest BCUT2D eigenvalue weighted by molar-refractivity contribution is 7.92. The molecule has 1 amide bonds. The van der Waals surface area contributed by atoms with Crippen LogP contribution in [0, 0.1) is 0 Å². The topological polar surface area (TPSA) is 132 Å². The fourth-order valence-corrected chi connectivity index (χ4v) is 7.47. The molecule has 0 aliphatic carbocycles. The third kappa shape index (κ3) is 6.44. The number of fused-ring (bicyclic) bond motifs is 1. The predicted octanol–water partition coefficient (Wildman–Crippen LogP) is 2.51. The third-order valence-corrected chi connectivity index (χ3v) is 10.5. The van der Waals surface area contributed by atoms with Crippen molar-refractivity contribution in [2.24, 2.45) is 0 Å². The van der Waals surface area contributed by atoms with Crippen LogP contribution in [-0.4, -0.2) is 79.2 Å². The summed E-state index contributed by atoms with van der Waals surface area (Å²) in [4.78, 5) is 13.2. The standard InChI is InChI=1S/C27H28ClN3O8S2/c28-20-6-11-25-24(18-20)31(41(35,36)22-4-2-1-3-5-22)19-26(39-25)27(32)29-12-15-38-21-7-9-23(10-8-21)40(33,34)30-13-16-37-17-14-30/h1-11,18,26H,12-17,19H2,(H,29,32)/t26-/m1/s1. The van der Waals surface area contributed by atoms with E-state index in [2.05, 4.69) is 5.32 Å². The molecule has 1 atom stereocenters. The molecule has 0 aromatic heterocycles. The summed E-state index contributed by atoms with van der Waals surface area (Å²) in [7, 11) is -7.61. The lowest BCUT2D eigenvalue weighted by atomic mass is 10.2. The highest BCUT2D eigenvalue weighted by atomic mass is 35.5. The van der Waals surface area contributed by atoms with Crippen molar-refractivity contribution in [3.63, 3.8) is 0 Å². The van der Waals surface area contributed by atoms with E-state index in [9.17, 15) is 21.6 Å². The van der Waals surface area contributed by atoms with Crippen LogP contribution in [-0.2, 0) is 29.6 Å². The molecule has 0 saturated carbocycles. The quantitative estimate of drug-likeness (QED) is 0.361. The lowest BCUT2D eigenvalue weighted by Gasteiger charge is -2.34. The van der Waals surface area contributed by atoms with E-state index in [-0.39, 0.29) is 40.9 Å². The fourth-order valence-electron chi connectivity index (χ4n) is 4.41. The normalized spacial score (nSPS) is 17.8. The number of hydrogen-bond acceptors (Lipinski definition) is 8. The maximum Gasteiger partial charge on any atom is 0.264 e. The van der Waals surface area contributed by atoms with Crippen LogP contribution in [0.4, 0.5) is 5.69 Å². The van der Waals surface area contributed by atoms with E-state index < -0.39 is 32.1 Å². The van der Waals surface area contributed by atoms with Gasteiger partial charge in [0.25, 0.3) is 15.9 Å². The summed E-state index contributed by atoms with van der Waals surface area (Å²) in [6.07, 6.45) is -1.12. The number of sulfonamides is 2. The first-order chi connectivity index (χ1) is 19.7. The molecule has 41 heavy (non-hydrogen) atoms. The number of ether oxygens (including phenoxy) is 3. The molecular formula is C27H28ClN3O8S2. The number of carbonyl (C=O) groups is 1. The Morgan fingerprint density at radius 3 is 2.32 bits per heavy atom. The maximum absolute atomic E-state index is 13.5. The van der Waals surface area contributed by atoms with Gasteiger partial charge in [0, 0.05) is 18.1 Å². The lowest BCUT2D eigenvalue weighted by Crippen LogP contribution is -2.51. The van der Waals surface area contributed by atoms with Gasteiger partial charge in [-0.05, 0) is 54.6 Å². The van der Waals surface area contributed by atoms with Gasteiger partial charge < -0.3 is 19.5 Å². The molecule has 0 radical (unpaired) electrons. The summed E-state index contributed by atoms with van der Waals surface area (Å²) < 4.78 is 71.7. The maximum atomic E-state index is 13.5. The Balaban J connectivity index is 1.19. The molecule has 2 heterocycles. The summed E-state index contributed by atoms with van der Waals surface area (Å²) in [5.41, 5.74) is 0.243. The molecule has 218 valence electrons. The smallest absolute Gasteiger partial charge is 0.264 e. The first-order valence-corrected chi connectivity index (χ1v) is 16.0. The summed E-state index contributed by atoms with van der Waals surface area (Å²) >= 11 is 6.13. The van der Waals surface area contributed by atoms with Crippen LogP contribution in [0.25, 0.3) is 0 Å². The van der Waals surface area contributed by atoms with E-state index in [0.717, 1.165) is 4.31 Å². The van der Waals surface area contributed by atoms with Crippen molar-refractivity contribution in [1.29, 1.82) is 0 Å². The van der Waals surface area contributed by atoms with Crippen molar-refractivity contribution in [2.45, 2.75) is 15.9 Å². The van der Waals surface area contributed by atoms with Crippen LogP contribution in [0.5, 0.6) is 11.5 Å². The van der Waals surface area contributed by atoms with Crippen LogP contribution in [0.2, 0.25) is 5.02 Å². The minimum atomic E-state index is -4.00. The number of anilines is 1. The number of morpholine rings is 1. The van der Waals surface area contributed by atoms with Gasteiger partial charge in [-0.25, -0.2) is 16.8 Å². The van der Waals surface area contributed by atoms with Crippen molar-refractivity contribution in [2.75, 3.05) is 50.3 Å². The molecule has 1 N–H and O–H groups in total. The number of benzene rings is 3. The Morgan fingerprint density at radius 2 is 1.61 bits per heavy atom. The van der Waals surface area contributed by atoms with E-state index in [1.165, 1.54) is 40.7 Å². The van der Waals surface area contributed by atoms with Crippen molar-refractivity contribution >= 4 is 43.2 Å². The molecular weight excluding hydrogens is 594 g/mol. The van der Waals surface area contributed by atoms with E-state index in [1.807, 2.05) is 0 Å². The average Bonchev–Trinajstić information content (AvgIpc) is 2.99. The summed E-state index contributed by atoms with van der Waals surface area (Å²) in [6, 6.07) is 18.5. The predicted molar refractivity (Wildman–Crippen MR) is 151 cm³/mol. The first kappa shape index (κ1) is 29.1. The fraction of sp³-hybridized carbons (Fsp3) is 0.296. The lowest BCUT2D eigenvalue weighted by molar-refractivity contribution is -0.127. The number of carbonyl (C=O) groups excluding carboxylic acids is 1. The van der Waals surface area contributed by atoms with Crippen LogP contribution in [0.3, 0.4) is 0 Å². The molecule has 2 aliphatic heterocycles. The third-order valence-electron chi connectivity index (χ3n) is 6.52. The van der Waals surface area contributed by atoms with Gasteiger partial charge in [0.1, 0.15) is 18.1 Å². The zero-order valence-electron chi connectivity index (χ0n) is 21.8. The minimum absolute atomic E-state index is 0.0733. The molecule has 3 aromatic rings. The number of halogens is 1. The van der Waals surface area contributed by atoms with Gasteiger partial charge in [0.05, 0.1) is 41.8 Å². The van der Waals surface area contributed by atoms with Crippen LogP contribution < -0.4 is 19.1 Å². The molecule has 3 aromatic carbocycles. The number of hydrogen-bond donors (Lipinski definition) is 1. The van der Waals surface area contributed by atoms with E-state index in [0.29, 0.717) is 37.1 Å². The second kappa shape index (κ2) is 12.2. The Bertz CT molecular complexity index is 1600. The van der Waals surface area contributed by atoms with Gasteiger partial charge >= 0.3 is 0 Å². The van der Waals surface area contributed by atoms with E-state index >= 15 is 0 Å². The van der Waals surface area contributed by atoms with Crippen molar-refractivity contribution < 1.29 is 35.8 Å². The molecule has 5 rings (SSSR count). The van der Waals surface area contributed by atoms with Gasteiger partial charge in [0.2, 0.25) is 10.0 Å². The van der Waals surface area contributed by atoms with Crippen molar-refractivity contribution in [1.82, 2.24) is 9.62 Å². The molecule has 1 fully saturated rings. The molecule has 14 heteroatoms. The second-order valence-corrected chi connectivity index (χ2v) is 13.4. The van der Waals surface area contributed by atoms with E-state index in [4.69, 9.17) is 25.8 Å². The molecule has 0 spiro atoms. The molecule has 1 saturated heterocycles. The molecule has 11 nitrogen and oxygen atoms in total. The Morgan fingerprint density at radius 1 is 0.927 bits per heavy atom. The second-order valence-electron chi connectivity index (χ2n) is 9.20.